The molecule has 8 heteroatoms. The maximum absolute atomic E-state index is 12.9. The number of hydrogen-bond acceptors (Lipinski definition) is 6. The predicted octanol–water partition coefficient (Wildman–Crippen LogP) is 3.81. The number of anilines is 1. The minimum Gasteiger partial charge on any atom is -0.324 e. The zero-order valence-corrected chi connectivity index (χ0v) is 18.1. The smallest absolute Gasteiger partial charge is 0.262 e. The van der Waals surface area contributed by atoms with E-state index >= 15 is 0 Å². The summed E-state index contributed by atoms with van der Waals surface area (Å²) in [7, 11) is 1.70. The predicted molar refractivity (Wildman–Crippen MR) is 117 cm³/mol. The lowest BCUT2D eigenvalue weighted by molar-refractivity contribution is -0.115. The van der Waals surface area contributed by atoms with Gasteiger partial charge in [-0.15, -0.1) is 11.3 Å². The molecule has 0 spiro atoms. The Kier molecular flexibility index (Phi) is 5.31. The minimum atomic E-state index is -0.489. The molecule has 1 N–H and O–H groups in total. The Morgan fingerprint density at radius 1 is 1.28 bits per heavy atom. The summed E-state index contributed by atoms with van der Waals surface area (Å²) in [6.45, 7) is 3.23. The van der Waals surface area contributed by atoms with Gasteiger partial charge in [-0.1, -0.05) is 23.9 Å². The summed E-state index contributed by atoms with van der Waals surface area (Å²) in [6, 6.07) is 6.93. The number of carbonyl (C=O) groups excluding carboxylic acids is 2. The molecule has 2 aromatic heterocycles. The number of Topliss-reactive ketones (excluding diaryl/α,β-unsaturated/α-hetero) is 1. The van der Waals surface area contributed by atoms with Crippen molar-refractivity contribution in [3.05, 3.63) is 50.6 Å². The first-order valence-corrected chi connectivity index (χ1v) is 11.1. The number of nitrogens with one attached hydrogen (secondary N) is 1. The van der Waals surface area contributed by atoms with Crippen LogP contribution in [0.4, 0.5) is 5.69 Å². The molecule has 150 valence electrons. The lowest BCUT2D eigenvalue weighted by atomic mass is 10.1. The molecule has 1 aliphatic carbocycles. The fraction of sp³-hybridized carbons (Fsp3) is 0.333. The van der Waals surface area contributed by atoms with Crippen molar-refractivity contribution < 1.29 is 9.59 Å². The summed E-state index contributed by atoms with van der Waals surface area (Å²) >= 11 is 2.83. The molecule has 0 saturated carbocycles. The molecule has 1 aromatic carbocycles. The third-order valence-electron chi connectivity index (χ3n) is 5.12. The molecule has 0 aliphatic heterocycles. The van der Waals surface area contributed by atoms with Crippen LogP contribution in [0.3, 0.4) is 0 Å². The van der Waals surface area contributed by atoms with E-state index < -0.39 is 5.25 Å². The van der Waals surface area contributed by atoms with Gasteiger partial charge in [-0.05, 0) is 50.8 Å². The van der Waals surface area contributed by atoms with Crippen molar-refractivity contribution in [2.24, 2.45) is 7.05 Å². The van der Waals surface area contributed by atoms with Crippen LogP contribution in [0.15, 0.2) is 34.2 Å². The van der Waals surface area contributed by atoms with E-state index in [2.05, 4.69) is 10.3 Å². The molecular weight excluding hydrogens is 406 g/mol. The number of rotatable bonds is 5. The molecule has 3 aromatic rings. The van der Waals surface area contributed by atoms with Crippen molar-refractivity contribution in [2.75, 3.05) is 5.32 Å². The second-order valence-electron chi connectivity index (χ2n) is 7.15. The first-order chi connectivity index (χ1) is 13.9. The first kappa shape index (κ1) is 19.8. The highest BCUT2D eigenvalue weighted by Gasteiger charge is 2.24. The quantitative estimate of drug-likeness (QED) is 0.380. The lowest BCUT2D eigenvalue weighted by Crippen LogP contribution is -2.26. The number of para-hydroxylation sites is 1. The number of ketones is 1. The van der Waals surface area contributed by atoms with Gasteiger partial charge in [0.2, 0.25) is 5.91 Å². The minimum absolute atomic E-state index is 0.0496. The monoisotopic (exact) mass is 427 g/mol. The molecule has 4 rings (SSSR count). The third-order valence-corrected chi connectivity index (χ3v) is 7.45. The van der Waals surface area contributed by atoms with E-state index in [1.54, 1.807) is 49.6 Å². The summed E-state index contributed by atoms with van der Waals surface area (Å²) in [5.74, 6) is -0.354. The van der Waals surface area contributed by atoms with Crippen molar-refractivity contribution in [3.63, 3.8) is 0 Å². The van der Waals surface area contributed by atoms with E-state index in [-0.39, 0.29) is 17.2 Å². The van der Waals surface area contributed by atoms with Gasteiger partial charge in [0.1, 0.15) is 4.83 Å². The maximum Gasteiger partial charge on any atom is 0.262 e. The largest absolute Gasteiger partial charge is 0.324 e. The van der Waals surface area contributed by atoms with Crippen LogP contribution < -0.4 is 10.9 Å². The summed E-state index contributed by atoms with van der Waals surface area (Å²) < 4.78 is 1.53. The molecule has 0 saturated heterocycles. The van der Waals surface area contributed by atoms with Crippen LogP contribution in [0, 0.1) is 0 Å². The highest BCUT2D eigenvalue weighted by molar-refractivity contribution is 8.00. The van der Waals surface area contributed by atoms with Crippen molar-refractivity contribution in [3.8, 4) is 0 Å². The number of nitrogens with zero attached hydrogens (tertiary/aromatic N) is 2. The van der Waals surface area contributed by atoms with Gasteiger partial charge >= 0.3 is 0 Å². The van der Waals surface area contributed by atoms with Crippen LogP contribution in [-0.4, -0.2) is 26.5 Å². The van der Waals surface area contributed by atoms with Crippen LogP contribution in [0.25, 0.3) is 10.2 Å². The van der Waals surface area contributed by atoms with Crippen molar-refractivity contribution in [1.82, 2.24) is 9.55 Å². The van der Waals surface area contributed by atoms with Gasteiger partial charge in [-0.25, -0.2) is 4.98 Å². The molecule has 1 aliphatic rings. The number of aromatic nitrogens is 2. The van der Waals surface area contributed by atoms with Crippen LogP contribution in [0.5, 0.6) is 0 Å². The number of thiophene rings is 1. The SMILES string of the molecule is CC(=O)c1ccccc1NC(=O)C(C)Sc1nc2sc3c(c2c(=O)n1C)CCC3. The Morgan fingerprint density at radius 2 is 2.03 bits per heavy atom. The van der Waals surface area contributed by atoms with Gasteiger partial charge in [0.05, 0.1) is 16.3 Å². The number of thioether (sulfide) groups is 1. The molecule has 1 atom stereocenters. The zero-order chi connectivity index (χ0) is 20.7. The number of benzene rings is 1. The molecule has 6 nitrogen and oxygen atoms in total. The average molecular weight is 428 g/mol. The fourth-order valence-electron chi connectivity index (χ4n) is 3.56. The van der Waals surface area contributed by atoms with Gasteiger partial charge in [0.15, 0.2) is 10.9 Å². The molecule has 0 bridgehead atoms. The van der Waals surface area contributed by atoms with E-state index in [0.29, 0.717) is 16.4 Å². The number of aryl methyl sites for hydroxylation is 2. The Balaban J connectivity index is 1.59. The van der Waals surface area contributed by atoms with Crippen molar-refractivity contribution in [2.45, 2.75) is 43.5 Å². The molecular formula is C21H21N3O3S2. The van der Waals surface area contributed by atoms with Crippen molar-refractivity contribution >= 4 is 50.7 Å². The third kappa shape index (κ3) is 3.62. The second kappa shape index (κ2) is 7.76. The van der Waals surface area contributed by atoms with Crippen LogP contribution in [0.1, 0.15) is 41.1 Å². The number of amides is 1. The summed E-state index contributed by atoms with van der Waals surface area (Å²) in [5, 5.41) is 3.59. The molecule has 0 fully saturated rings. The number of fused-ring (bicyclic) bond motifs is 3. The summed E-state index contributed by atoms with van der Waals surface area (Å²) in [4.78, 5) is 44.1. The Morgan fingerprint density at radius 3 is 2.79 bits per heavy atom. The molecule has 1 unspecified atom stereocenters. The van der Waals surface area contributed by atoms with Gasteiger partial charge in [0.25, 0.3) is 5.56 Å². The molecule has 1 amide bonds. The van der Waals surface area contributed by atoms with Crippen LogP contribution >= 0.6 is 23.1 Å². The zero-order valence-electron chi connectivity index (χ0n) is 16.4. The highest BCUT2D eigenvalue weighted by Crippen LogP contribution is 2.35. The van der Waals surface area contributed by atoms with Crippen LogP contribution in [-0.2, 0) is 24.7 Å². The van der Waals surface area contributed by atoms with Gasteiger partial charge in [0, 0.05) is 17.5 Å². The lowest BCUT2D eigenvalue weighted by Gasteiger charge is -2.15. The summed E-state index contributed by atoms with van der Waals surface area (Å²) in [5.41, 5.74) is 2.07. The standard InChI is InChI=1S/C21H21N3O3S2/c1-11(25)13-7-4-5-9-15(13)22-18(26)12(2)28-21-23-19-17(20(27)24(21)3)14-8-6-10-16(14)29-19/h4-5,7,9,12H,6,8,10H2,1-3H3,(H,22,26). The van der Waals surface area contributed by atoms with Crippen LogP contribution in [0.2, 0.25) is 0 Å². The van der Waals surface area contributed by atoms with E-state index in [0.717, 1.165) is 35.0 Å². The summed E-state index contributed by atoms with van der Waals surface area (Å²) in [6.07, 6.45) is 3.04. The number of hydrogen-bond donors (Lipinski definition) is 1. The van der Waals surface area contributed by atoms with E-state index in [1.807, 2.05) is 0 Å². The molecule has 0 radical (unpaired) electrons. The van der Waals surface area contributed by atoms with E-state index in [4.69, 9.17) is 0 Å². The highest BCUT2D eigenvalue weighted by atomic mass is 32.2. The Labute approximate surface area is 176 Å². The topological polar surface area (TPSA) is 81.1 Å². The average Bonchev–Trinajstić information content (AvgIpc) is 3.26. The Bertz CT molecular complexity index is 1200. The molecule has 2 heterocycles. The first-order valence-electron chi connectivity index (χ1n) is 9.45. The van der Waals surface area contributed by atoms with Gasteiger partial charge in [-0.3, -0.25) is 19.0 Å². The molecule has 29 heavy (non-hydrogen) atoms. The van der Waals surface area contributed by atoms with Gasteiger partial charge < -0.3 is 5.32 Å². The normalized spacial score (nSPS) is 14.0. The maximum atomic E-state index is 12.9. The number of carbonyl (C=O) groups is 2. The fourth-order valence-corrected chi connectivity index (χ4v) is 5.73. The van der Waals surface area contributed by atoms with E-state index in [9.17, 15) is 14.4 Å². The van der Waals surface area contributed by atoms with Gasteiger partial charge in [-0.2, -0.15) is 0 Å². The Hall–Kier alpha value is -2.45. The second-order valence-corrected chi connectivity index (χ2v) is 9.54. The van der Waals surface area contributed by atoms with Crippen molar-refractivity contribution in [1.29, 1.82) is 0 Å². The van der Waals surface area contributed by atoms with E-state index in [1.165, 1.54) is 28.1 Å².